The summed E-state index contributed by atoms with van der Waals surface area (Å²) in [6.45, 7) is 0. The molecule has 5 heteroatoms. The fraction of sp³-hybridized carbons (Fsp3) is 0. The van der Waals surface area contributed by atoms with Crippen molar-refractivity contribution in [1.29, 1.82) is 5.26 Å². The van der Waals surface area contributed by atoms with Gasteiger partial charge in [0.25, 0.3) is 0 Å². The first-order valence-electron chi connectivity index (χ1n) is 5.86. The van der Waals surface area contributed by atoms with E-state index in [4.69, 9.17) is 5.26 Å². The van der Waals surface area contributed by atoms with Gasteiger partial charge in [0, 0.05) is 0 Å². The molecule has 0 fully saturated rings. The quantitative estimate of drug-likeness (QED) is 0.412. The van der Waals surface area contributed by atoms with Crippen molar-refractivity contribution in [2.24, 2.45) is 0 Å². The standard InChI is InChI=1S/C15H8N2O2Se/c16-9-10-1-3-11(4-2-10)15-8-12-7-13(17(18)19)5-6-14(12)20-15/h1-8H. The molecule has 0 aliphatic heterocycles. The average molecular weight is 327 g/mol. The van der Waals surface area contributed by atoms with E-state index in [1.807, 2.05) is 24.3 Å². The third-order valence-corrected chi connectivity index (χ3v) is 5.45. The summed E-state index contributed by atoms with van der Waals surface area (Å²) in [7, 11) is 0. The molecule has 1 aromatic heterocycles. The van der Waals surface area contributed by atoms with E-state index in [-0.39, 0.29) is 25.1 Å². The van der Waals surface area contributed by atoms with E-state index in [2.05, 4.69) is 6.07 Å². The molecule has 0 unspecified atom stereocenters. The van der Waals surface area contributed by atoms with Crippen molar-refractivity contribution in [1.82, 2.24) is 0 Å². The zero-order chi connectivity index (χ0) is 14.1. The zero-order valence-electron chi connectivity index (χ0n) is 10.2. The molecule has 0 N–H and O–H groups in total. The molecule has 0 aliphatic carbocycles. The predicted octanol–water partition coefficient (Wildman–Crippen LogP) is 3.34. The number of nitrogens with zero attached hydrogens (tertiary/aromatic N) is 2. The summed E-state index contributed by atoms with van der Waals surface area (Å²) in [6.07, 6.45) is 0. The summed E-state index contributed by atoms with van der Waals surface area (Å²) in [4.78, 5) is 10.4. The van der Waals surface area contributed by atoms with Crippen LogP contribution in [0.1, 0.15) is 5.56 Å². The van der Waals surface area contributed by atoms with Gasteiger partial charge in [0.15, 0.2) is 0 Å². The molecule has 0 radical (unpaired) electrons. The Morgan fingerprint density at radius 3 is 2.50 bits per heavy atom. The molecule has 3 aromatic rings. The molecular formula is C15H8N2O2Se. The monoisotopic (exact) mass is 328 g/mol. The van der Waals surface area contributed by atoms with E-state index in [9.17, 15) is 10.1 Å². The number of benzene rings is 2. The number of nitriles is 1. The molecule has 0 saturated heterocycles. The van der Waals surface area contributed by atoms with Crippen LogP contribution in [0.5, 0.6) is 0 Å². The van der Waals surface area contributed by atoms with Gasteiger partial charge in [-0.3, -0.25) is 0 Å². The van der Waals surface area contributed by atoms with Gasteiger partial charge in [0.1, 0.15) is 0 Å². The Morgan fingerprint density at radius 1 is 1.10 bits per heavy atom. The van der Waals surface area contributed by atoms with Gasteiger partial charge >= 0.3 is 120 Å². The Bertz CT molecular complexity index is 844. The first kappa shape index (κ1) is 12.6. The number of fused-ring (bicyclic) bond motifs is 1. The number of nitro benzene ring substituents is 1. The topological polar surface area (TPSA) is 66.9 Å². The Balaban J connectivity index is 2.08. The van der Waals surface area contributed by atoms with E-state index in [1.54, 1.807) is 24.3 Å². The van der Waals surface area contributed by atoms with Crippen LogP contribution >= 0.6 is 0 Å². The summed E-state index contributed by atoms with van der Waals surface area (Å²) in [6, 6.07) is 16.5. The summed E-state index contributed by atoms with van der Waals surface area (Å²) in [5, 5.41) is 20.5. The second-order valence-corrected chi connectivity index (χ2v) is 6.55. The van der Waals surface area contributed by atoms with Crippen molar-refractivity contribution >= 4 is 29.8 Å². The first-order valence-corrected chi connectivity index (χ1v) is 7.57. The molecule has 0 bridgehead atoms. The number of rotatable bonds is 2. The fourth-order valence-electron chi connectivity index (χ4n) is 2.00. The summed E-state index contributed by atoms with van der Waals surface area (Å²) in [5.74, 6) is 0. The summed E-state index contributed by atoms with van der Waals surface area (Å²) >= 11 is 0.151. The number of hydrogen-bond acceptors (Lipinski definition) is 3. The number of nitro groups is 1. The van der Waals surface area contributed by atoms with Crippen LogP contribution in [0.15, 0.2) is 48.5 Å². The molecule has 0 atom stereocenters. The van der Waals surface area contributed by atoms with Crippen LogP contribution in [0.25, 0.3) is 19.6 Å². The summed E-state index contributed by atoms with van der Waals surface area (Å²) < 4.78 is 2.33. The molecule has 96 valence electrons. The van der Waals surface area contributed by atoms with E-state index in [0.29, 0.717) is 5.56 Å². The third kappa shape index (κ3) is 2.23. The van der Waals surface area contributed by atoms with E-state index < -0.39 is 0 Å². The third-order valence-electron chi connectivity index (χ3n) is 3.01. The van der Waals surface area contributed by atoms with Crippen LogP contribution in [-0.4, -0.2) is 19.4 Å². The second kappa shape index (κ2) is 4.93. The van der Waals surface area contributed by atoms with Gasteiger partial charge in [-0.25, -0.2) is 0 Å². The van der Waals surface area contributed by atoms with Crippen LogP contribution in [0.3, 0.4) is 0 Å². The molecule has 0 saturated carbocycles. The molecule has 20 heavy (non-hydrogen) atoms. The van der Waals surface area contributed by atoms with Gasteiger partial charge in [-0.15, -0.1) is 0 Å². The molecule has 4 nitrogen and oxygen atoms in total. The SMILES string of the molecule is N#Cc1ccc(-c2cc3cc([N+](=O)[O-])ccc3[se]2)cc1. The molecular weight excluding hydrogens is 319 g/mol. The van der Waals surface area contributed by atoms with E-state index in [1.165, 1.54) is 4.44 Å². The van der Waals surface area contributed by atoms with E-state index in [0.717, 1.165) is 15.2 Å². The van der Waals surface area contributed by atoms with Crippen LogP contribution in [-0.2, 0) is 0 Å². The van der Waals surface area contributed by atoms with Crippen LogP contribution < -0.4 is 0 Å². The normalized spacial score (nSPS) is 10.3. The van der Waals surface area contributed by atoms with Gasteiger partial charge in [-0.2, -0.15) is 0 Å². The van der Waals surface area contributed by atoms with Crippen molar-refractivity contribution in [2.45, 2.75) is 0 Å². The Hall–Kier alpha value is -2.41. The first-order chi connectivity index (χ1) is 9.67. The minimum absolute atomic E-state index is 0.122. The van der Waals surface area contributed by atoms with Crippen molar-refractivity contribution in [3.63, 3.8) is 0 Å². The van der Waals surface area contributed by atoms with Gasteiger partial charge in [0.2, 0.25) is 0 Å². The minimum atomic E-state index is -0.374. The van der Waals surface area contributed by atoms with Gasteiger partial charge in [0.05, 0.1) is 0 Å². The Kier molecular flexibility index (Phi) is 3.11. The van der Waals surface area contributed by atoms with Gasteiger partial charge < -0.3 is 0 Å². The molecule has 0 aliphatic rings. The second-order valence-electron chi connectivity index (χ2n) is 4.28. The zero-order valence-corrected chi connectivity index (χ0v) is 12.0. The van der Waals surface area contributed by atoms with Crippen molar-refractivity contribution in [3.05, 3.63) is 64.2 Å². The maximum atomic E-state index is 10.8. The van der Waals surface area contributed by atoms with Gasteiger partial charge in [-0.1, -0.05) is 0 Å². The Morgan fingerprint density at radius 2 is 1.85 bits per heavy atom. The van der Waals surface area contributed by atoms with E-state index >= 15 is 0 Å². The predicted molar refractivity (Wildman–Crippen MR) is 77.7 cm³/mol. The molecule has 3 rings (SSSR count). The van der Waals surface area contributed by atoms with Crippen molar-refractivity contribution in [3.8, 4) is 16.1 Å². The fourth-order valence-corrected chi connectivity index (χ4v) is 4.20. The maximum absolute atomic E-state index is 10.8. The molecule has 2 aromatic carbocycles. The average Bonchev–Trinajstić information content (AvgIpc) is 2.90. The van der Waals surface area contributed by atoms with Crippen LogP contribution in [0.4, 0.5) is 5.69 Å². The molecule has 0 amide bonds. The molecule has 0 spiro atoms. The number of non-ortho nitro benzene ring substituents is 1. The van der Waals surface area contributed by atoms with Crippen molar-refractivity contribution in [2.75, 3.05) is 0 Å². The number of hydrogen-bond donors (Lipinski definition) is 0. The van der Waals surface area contributed by atoms with Gasteiger partial charge in [-0.05, 0) is 0 Å². The Labute approximate surface area is 120 Å². The van der Waals surface area contributed by atoms with Crippen molar-refractivity contribution < 1.29 is 4.92 Å². The van der Waals surface area contributed by atoms with Crippen LogP contribution in [0.2, 0.25) is 0 Å². The summed E-state index contributed by atoms with van der Waals surface area (Å²) in [5.41, 5.74) is 1.83. The van der Waals surface area contributed by atoms with Crippen LogP contribution in [0, 0.1) is 21.4 Å². The molecule has 1 heterocycles.